The van der Waals surface area contributed by atoms with E-state index in [-0.39, 0.29) is 12.0 Å². The summed E-state index contributed by atoms with van der Waals surface area (Å²) in [6.07, 6.45) is 3.58. The number of halogens is 1. The monoisotopic (exact) mass is 397 g/mol. The summed E-state index contributed by atoms with van der Waals surface area (Å²) in [5.74, 6) is -1.66. The van der Waals surface area contributed by atoms with Crippen LogP contribution < -0.4 is 19.7 Å². The Hall–Kier alpha value is -2.56. The third kappa shape index (κ3) is 3.27. The van der Waals surface area contributed by atoms with Crippen molar-refractivity contribution in [2.45, 2.75) is 25.8 Å². The summed E-state index contributed by atoms with van der Waals surface area (Å²) in [6, 6.07) is 2.39. The van der Waals surface area contributed by atoms with Crippen molar-refractivity contribution in [3.63, 3.8) is 0 Å². The number of carbonyl (C=O) groups is 1. The number of nitrogens with zero attached hydrogens (tertiary/aromatic N) is 2. The zero-order valence-corrected chi connectivity index (χ0v) is 15.3. The van der Waals surface area contributed by atoms with Gasteiger partial charge in [-0.15, -0.1) is 0 Å². The second-order valence-electron chi connectivity index (χ2n) is 7.21. The van der Waals surface area contributed by atoms with Gasteiger partial charge in [-0.2, -0.15) is 8.42 Å². The molecule has 11 heteroatoms. The number of phenols is 1. The molecule has 0 aromatic heterocycles. The van der Waals surface area contributed by atoms with Crippen molar-refractivity contribution in [2.75, 3.05) is 23.9 Å². The summed E-state index contributed by atoms with van der Waals surface area (Å²) in [5, 5.41) is 16.4. The number of amides is 1. The van der Waals surface area contributed by atoms with Crippen LogP contribution in [0.4, 0.5) is 10.1 Å². The van der Waals surface area contributed by atoms with Crippen LogP contribution in [0.1, 0.15) is 24.8 Å². The maximum absolute atomic E-state index is 14.5. The highest BCUT2D eigenvalue weighted by Crippen LogP contribution is 2.41. The Bertz CT molecular complexity index is 906. The number of aromatic hydroxyl groups is 1. The molecule has 146 valence electrons. The van der Waals surface area contributed by atoms with Gasteiger partial charge in [-0.3, -0.25) is 9.79 Å². The Morgan fingerprint density at radius 3 is 2.67 bits per heavy atom. The quantitative estimate of drug-likeness (QED) is 0.566. The van der Waals surface area contributed by atoms with E-state index < -0.39 is 39.9 Å². The molecule has 1 aromatic rings. The molecular formula is C16H20FN5O4S. The summed E-state index contributed by atoms with van der Waals surface area (Å²) in [7, 11) is -4.20. The van der Waals surface area contributed by atoms with Gasteiger partial charge in [-0.25, -0.2) is 13.4 Å². The zero-order chi connectivity index (χ0) is 19.2. The number of guanidine groups is 1. The zero-order valence-electron chi connectivity index (χ0n) is 14.5. The predicted molar refractivity (Wildman–Crippen MR) is 95.9 cm³/mol. The molecule has 27 heavy (non-hydrogen) atoms. The largest absolute Gasteiger partial charge is 0.506 e. The number of benzene rings is 1. The molecule has 0 radical (unpaired) electrons. The first kappa shape index (κ1) is 17.8. The van der Waals surface area contributed by atoms with Crippen LogP contribution in [0.3, 0.4) is 0 Å². The first-order chi connectivity index (χ1) is 12.8. The number of anilines is 1. The van der Waals surface area contributed by atoms with Crippen LogP contribution >= 0.6 is 0 Å². The van der Waals surface area contributed by atoms with Crippen LogP contribution in [-0.4, -0.2) is 45.0 Å². The standard InChI is InChI=1S/C16H20FN5O4S/c17-11-4-10(6-18-15-19-8-16(9-20-15)2-1-3-16)5-12(23)14(11)22-7-13(24)21-27(22,25)26/h4-5,23H,1-3,6-9H2,(H,21,24)(H2,18,19,20). The average molecular weight is 397 g/mol. The van der Waals surface area contributed by atoms with Crippen LogP contribution in [-0.2, 0) is 21.5 Å². The number of aliphatic imine (C=N–C) groups is 1. The van der Waals surface area contributed by atoms with Gasteiger partial charge in [0.1, 0.15) is 18.0 Å². The lowest BCUT2D eigenvalue weighted by atomic mass is 9.68. The van der Waals surface area contributed by atoms with E-state index in [4.69, 9.17) is 0 Å². The maximum Gasteiger partial charge on any atom is 0.326 e. The van der Waals surface area contributed by atoms with Gasteiger partial charge in [0.25, 0.3) is 5.91 Å². The molecule has 3 aliphatic rings. The molecule has 2 aliphatic heterocycles. The Kier molecular flexibility index (Phi) is 4.13. The Labute approximate surface area is 155 Å². The SMILES string of the molecule is O=C1CN(c2c(O)cc(CNC3=NCC4(CCC4)CN3)cc2F)S(=O)(=O)N1. The smallest absolute Gasteiger partial charge is 0.326 e. The van der Waals surface area contributed by atoms with Gasteiger partial charge < -0.3 is 15.7 Å². The van der Waals surface area contributed by atoms with Crippen molar-refractivity contribution >= 4 is 27.8 Å². The number of hydrogen-bond donors (Lipinski definition) is 4. The molecule has 0 unspecified atom stereocenters. The second-order valence-corrected chi connectivity index (χ2v) is 8.80. The lowest BCUT2D eigenvalue weighted by Crippen LogP contribution is -2.52. The summed E-state index contributed by atoms with van der Waals surface area (Å²) in [5.41, 5.74) is 0.152. The second kappa shape index (κ2) is 6.25. The molecule has 0 atom stereocenters. The lowest BCUT2D eigenvalue weighted by Gasteiger charge is -2.43. The van der Waals surface area contributed by atoms with E-state index in [0.717, 1.165) is 19.2 Å². The molecule has 1 saturated carbocycles. The van der Waals surface area contributed by atoms with E-state index in [9.17, 15) is 22.7 Å². The van der Waals surface area contributed by atoms with Crippen molar-refractivity contribution in [3.8, 4) is 5.75 Å². The van der Waals surface area contributed by atoms with E-state index in [1.54, 1.807) is 4.72 Å². The summed E-state index contributed by atoms with van der Waals surface area (Å²) < 4.78 is 40.4. The van der Waals surface area contributed by atoms with Crippen molar-refractivity contribution in [1.82, 2.24) is 15.4 Å². The molecule has 1 amide bonds. The van der Waals surface area contributed by atoms with Crippen LogP contribution in [0.2, 0.25) is 0 Å². The average Bonchev–Trinajstić information content (AvgIpc) is 2.84. The summed E-state index contributed by atoms with van der Waals surface area (Å²) in [6.45, 7) is 1.24. The maximum atomic E-state index is 14.5. The van der Waals surface area contributed by atoms with Gasteiger partial charge in [0.2, 0.25) is 0 Å². The van der Waals surface area contributed by atoms with Crippen LogP contribution in [0, 0.1) is 11.2 Å². The minimum Gasteiger partial charge on any atom is -0.506 e. The number of nitrogens with one attached hydrogen (secondary N) is 3. The minimum atomic E-state index is -4.20. The first-order valence-electron chi connectivity index (χ1n) is 8.65. The molecule has 1 aliphatic carbocycles. The third-order valence-electron chi connectivity index (χ3n) is 5.25. The number of carbonyl (C=O) groups excluding carboxylic acids is 1. The molecular weight excluding hydrogens is 377 g/mol. The highest BCUT2D eigenvalue weighted by molar-refractivity contribution is 7.92. The third-order valence-corrected chi connectivity index (χ3v) is 6.63. The number of phenolic OH excluding ortho intramolecular Hbond substituents is 1. The highest BCUT2D eigenvalue weighted by Gasteiger charge is 2.39. The van der Waals surface area contributed by atoms with E-state index >= 15 is 0 Å². The molecule has 1 saturated heterocycles. The van der Waals surface area contributed by atoms with Crippen LogP contribution in [0.15, 0.2) is 17.1 Å². The van der Waals surface area contributed by atoms with Crippen molar-refractivity contribution in [3.05, 3.63) is 23.5 Å². The summed E-state index contributed by atoms with van der Waals surface area (Å²) in [4.78, 5) is 15.8. The molecule has 4 N–H and O–H groups in total. The topological polar surface area (TPSA) is 123 Å². The van der Waals surface area contributed by atoms with Gasteiger partial charge in [-0.05, 0) is 30.5 Å². The fourth-order valence-corrected chi connectivity index (χ4v) is 4.75. The van der Waals surface area contributed by atoms with Crippen molar-refractivity contribution < 1.29 is 22.7 Å². The molecule has 2 heterocycles. The predicted octanol–water partition coefficient (Wildman–Crippen LogP) is -0.0686. The Morgan fingerprint density at radius 2 is 2.15 bits per heavy atom. The molecule has 2 fully saturated rings. The normalized spacial score (nSPS) is 22.6. The summed E-state index contributed by atoms with van der Waals surface area (Å²) >= 11 is 0. The van der Waals surface area contributed by atoms with Gasteiger partial charge in [0.05, 0.1) is 6.54 Å². The van der Waals surface area contributed by atoms with Gasteiger partial charge in [-0.1, -0.05) is 6.42 Å². The lowest BCUT2D eigenvalue weighted by molar-refractivity contribution is -0.117. The molecule has 4 rings (SSSR count). The Balaban J connectivity index is 1.47. The fraction of sp³-hybridized carbons (Fsp3) is 0.500. The van der Waals surface area contributed by atoms with E-state index in [0.29, 0.717) is 15.8 Å². The van der Waals surface area contributed by atoms with Gasteiger partial charge in [0.15, 0.2) is 11.8 Å². The minimum absolute atomic E-state index is 0.202. The Morgan fingerprint density at radius 1 is 1.37 bits per heavy atom. The van der Waals surface area contributed by atoms with Crippen LogP contribution in [0.25, 0.3) is 0 Å². The fourth-order valence-electron chi connectivity index (χ4n) is 3.58. The van der Waals surface area contributed by atoms with Crippen LogP contribution in [0.5, 0.6) is 5.75 Å². The van der Waals surface area contributed by atoms with E-state index in [1.165, 1.54) is 25.3 Å². The van der Waals surface area contributed by atoms with E-state index in [2.05, 4.69) is 15.6 Å². The highest BCUT2D eigenvalue weighted by atomic mass is 32.2. The molecule has 1 aromatic carbocycles. The van der Waals surface area contributed by atoms with E-state index in [1.807, 2.05) is 0 Å². The molecule has 1 spiro atoms. The molecule has 9 nitrogen and oxygen atoms in total. The van der Waals surface area contributed by atoms with Gasteiger partial charge >= 0.3 is 10.2 Å². The number of hydrogen-bond acceptors (Lipinski definition) is 7. The first-order valence-corrected chi connectivity index (χ1v) is 10.1. The van der Waals surface area contributed by atoms with Gasteiger partial charge in [0, 0.05) is 18.5 Å². The van der Waals surface area contributed by atoms with Crippen molar-refractivity contribution in [2.24, 2.45) is 10.4 Å². The van der Waals surface area contributed by atoms with Crippen molar-refractivity contribution in [1.29, 1.82) is 0 Å². The number of rotatable bonds is 3. The molecule has 0 bridgehead atoms.